The molecule has 1 heterocycles. The van der Waals surface area contributed by atoms with Crippen molar-refractivity contribution in [2.75, 3.05) is 19.7 Å². The molecule has 0 aromatic rings. The number of carbonyl (C=O) groups excluding carboxylic acids is 1. The number of nitrogens with two attached hydrogens (primary N) is 1. The fourth-order valence-electron chi connectivity index (χ4n) is 1.06. The number of rotatable bonds is 2. The highest BCUT2D eigenvalue weighted by Crippen LogP contribution is 2.06. The van der Waals surface area contributed by atoms with Gasteiger partial charge in [-0.3, -0.25) is 0 Å². The third-order valence-corrected chi connectivity index (χ3v) is 1.62. The molecule has 0 aromatic heterocycles. The van der Waals surface area contributed by atoms with Gasteiger partial charge in [0.05, 0.1) is 6.61 Å². The third-order valence-electron chi connectivity index (χ3n) is 1.62. The van der Waals surface area contributed by atoms with Gasteiger partial charge in [0.25, 0.3) is 0 Å². The predicted octanol–water partition coefficient (Wildman–Crippen LogP) is -0.309. The molecule has 58 valence electrons. The van der Waals surface area contributed by atoms with E-state index >= 15 is 0 Å². The van der Waals surface area contributed by atoms with Crippen LogP contribution in [0.2, 0.25) is 0 Å². The van der Waals surface area contributed by atoms with Crippen LogP contribution in [0.15, 0.2) is 0 Å². The standard InChI is InChI=1S/C6H12N2O2/c7-6(9)10-4-5-1-2-8-3-5/h5,8H,1-4H2,(H2,7,9)/t5-/m0/s1. The lowest BCUT2D eigenvalue weighted by Crippen LogP contribution is -2.20. The van der Waals surface area contributed by atoms with Crippen LogP contribution >= 0.6 is 0 Å². The molecule has 0 aliphatic carbocycles. The SMILES string of the molecule is NC(=O)OC[C@H]1CCNC1. The average Bonchev–Trinajstić information content (AvgIpc) is 2.34. The van der Waals surface area contributed by atoms with E-state index in [9.17, 15) is 4.79 Å². The van der Waals surface area contributed by atoms with Gasteiger partial charge in [-0.25, -0.2) is 4.79 Å². The summed E-state index contributed by atoms with van der Waals surface area (Å²) in [6, 6.07) is 0. The summed E-state index contributed by atoms with van der Waals surface area (Å²) in [6.07, 6.45) is 0.403. The highest BCUT2D eigenvalue weighted by molar-refractivity contribution is 5.64. The molecule has 4 nitrogen and oxygen atoms in total. The Morgan fingerprint density at radius 3 is 3.10 bits per heavy atom. The topological polar surface area (TPSA) is 64.4 Å². The van der Waals surface area contributed by atoms with Crippen molar-refractivity contribution in [3.8, 4) is 0 Å². The summed E-state index contributed by atoms with van der Waals surface area (Å²) in [5.74, 6) is 0.465. The van der Waals surface area contributed by atoms with Gasteiger partial charge in [0, 0.05) is 12.5 Å². The van der Waals surface area contributed by atoms with Crippen LogP contribution in [0.4, 0.5) is 4.79 Å². The zero-order valence-electron chi connectivity index (χ0n) is 5.80. The molecule has 4 heteroatoms. The Balaban J connectivity index is 2.07. The summed E-state index contributed by atoms with van der Waals surface area (Å²) >= 11 is 0. The first kappa shape index (κ1) is 7.34. The van der Waals surface area contributed by atoms with E-state index in [0.29, 0.717) is 12.5 Å². The molecule has 1 amide bonds. The quantitative estimate of drug-likeness (QED) is 0.558. The van der Waals surface area contributed by atoms with E-state index in [4.69, 9.17) is 5.73 Å². The number of primary amides is 1. The molecule has 0 radical (unpaired) electrons. The Morgan fingerprint density at radius 1 is 1.80 bits per heavy atom. The lowest BCUT2D eigenvalue weighted by atomic mass is 10.1. The maximum absolute atomic E-state index is 10.1. The maximum Gasteiger partial charge on any atom is 0.404 e. The maximum atomic E-state index is 10.1. The molecule has 1 aliphatic heterocycles. The molecule has 0 unspecified atom stereocenters. The van der Waals surface area contributed by atoms with Crippen LogP contribution in [0.5, 0.6) is 0 Å². The van der Waals surface area contributed by atoms with Crippen LogP contribution in [0.25, 0.3) is 0 Å². The second-order valence-electron chi connectivity index (χ2n) is 2.49. The van der Waals surface area contributed by atoms with E-state index in [2.05, 4.69) is 10.1 Å². The predicted molar refractivity (Wildman–Crippen MR) is 36.5 cm³/mol. The van der Waals surface area contributed by atoms with Crippen LogP contribution in [0.1, 0.15) is 6.42 Å². The fourth-order valence-corrected chi connectivity index (χ4v) is 1.06. The van der Waals surface area contributed by atoms with E-state index in [1.807, 2.05) is 0 Å². The number of hydrogen-bond acceptors (Lipinski definition) is 3. The molecule has 0 aromatic carbocycles. The van der Waals surface area contributed by atoms with Gasteiger partial charge in [0.2, 0.25) is 0 Å². The largest absolute Gasteiger partial charge is 0.449 e. The number of hydrogen-bond donors (Lipinski definition) is 2. The van der Waals surface area contributed by atoms with Crippen molar-refractivity contribution in [1.29, 1.82) is 0 Å². The van der Waals surface area contributed by atoms with Gasteiger partial charge in [-0.2, -0.15) is 0 Å². The van der Waals surface area contributed by atoms with Crippen molar-refractivity contribution in [2.24, 2.45) is 11.7 Å². The minimum absolute atomic E-state index is 0.461. The van der Waals surface area contributed by atoms with E-state index in [1.165, 1.54) is 0 Å². The van der Waals surface area contributed by atoms with Gasteiger partial charge in [-0.15, -0.1) is 0 Å². The molecule has 0 spiro atoms. The first-order chi connectivity index (χ1) is 4.79. The summed E-state index contributed by atoms with van der Waals surface area (Å²) in [5.41, 5.74) is 4.79. The Hall–Kier alpha value is -0.770. The zero-order valence-corrected chi connectivity index (χ0v) is 5.80. The van der Waals surface area contributed by atoms with Crippen molar-refractivity contribution in [2.45, 2.75) is 6.42 Å². The van der Waals surface area contributed by atoms with Crippen molar-refractivity contribution in [3.05, 3.63) is 0 Å². The van der Waals surface area contributed by atoms with Crippen molar-refractivity contribution < 1.29 is 9.53 Å². The summed E-state index contributed by atoms with van der Waals surface area (Å²) in [7, 11) is 0. The first-order valence-corrected chi connectivity index (χ1v) is 3.42. The van der Waals surface area contributed by atoms with Crippen LogP contribution in [0.3, 0.4) is 0 Å². The van der Waals surface area contributed by atoms with Crippen molar-refractivity contribution >= 4 is 6.09 Å². The number of amides is 1. The Bertz CT molecular complexity index is 121. The van der Waals surface area contributed by atoms with Gasteiger partial charge >= 0.3 is 6.09 Å². The molecule has 1 saturated heterocycles. The molecule has 1 fully saturated rings. The molecule has 1 atom stereocenters. The monoisotopic (exact) mass is 144 g/mol. The molecule has 3 N–H and O–H groups in total. The third kappa shape index (κ3) is 2.23. The van der Waals surface area contributed by atoms with E-state index < -0.39 is 6.09 Å². The molecular formula is C6H12N2O2. The lowest BCUT2D eigenvalue weighted by molar-refractivity contribution is 0.140. The molecule has 0 saturated carbocycles. The van der Waals surface area contributed by atoms with E-state index in [-0.39, 0.29) is 0 Å². The molecule has 10 heavy (non-hydrogen) atoms. The van der Waals surface area contributed by atoms with Crippen LogP contribution in [-0.2, 0) is 4.74 Å². The van der Waals surface area contributed by atoms with E-state index in [0.717, 1.165) is 19.5 Å². The second kappa shape index (κ2) is 3.41. The first-order valence-electron chi connectivity index (χ1n) is 3.42. The molecule has 1 rings (SSSR count). The van der Waals surface area contributed by atoms with E-state index in [1.54, 1.807) is 0 Å². The highest BCUT2D eigenvalue weighted by Gasteiger charge is 2.15. The summed E-state index contributed by atoms with van der Waals surface area (Å²) in [6.45, 7) is 2.42. The minimum atomic E-state index is -0.674. The number of ether oxygens (including phenoxy) is 1. The summed E-state index contributed by atoms with van der Waals surface area (Å²) in [5, 5.41) is 3.16. The molecule has 1 aliphatic rings. The van der Waals surface area contributed by atoms with Gasteiger partial charge in [0.15, 0.2) is 0 Å². The molecule has 0 bridgehead atoms. The number of carbonyl (C=O) groups is 1. The van der Waals surface area contributed by atoms with Gasteiger partial charge in [-0.05, 0) is 13.0 Å². The van der Waals surface area contributed by atoms with Gasteiger partial charge in [0.1, 0.15) is 0 Å². The minimum Gasteiger partial charge on any atom is -0.449 e. The zero-order chi connectivity index (χ0) is 7.40. The lowest BCUT2D eigenvalue weighted by Gasteiger charge is -2.06. The van der Waals surface area contributed by atoms with Crippen LogP contribution in [0, 0.1) is 5.92 Å². The van der Waals surface area contributed by atoms with Crippen molar-refractivity contribution in [1.82, 2.24) is 5.32 Å². The Kier molecular flexibility index (Phi) is 2.50. The van der Waals surface area contributed by atoms with Crippen LogP contribution in [-0.4, -0.2) is 25.8 Å². The van der Waals surface area contributed by atoms with Gasteiger partial charge < -0.3 is 15.8 Å². The average molecular weight is 144 g/mol. The summed E-state index contributed by atoms with van der Waals surface area (Å²) in [4.78, 5) is 10.1. The molecular weight excluding hydrogens is 132 g/mol. The Labute approximate surface area is 59.7 Å². The normalized spacial score (nSPS) is 24.6. The van der Waals surface area contributed by atoms with Crippen LogP contribution < -0.4 is 11.1 Å². The van der Waals surface area contributed by atoms with Gasteiger partial charge in [-0.1, -0.05) is 0 Å². The summed E-state index contributed by atoms with van der Waals surface area (Å²) < 4.78 is 4.62. The fraction of sp³-hybridized carbons (Fsp3) is 0.833. The number of nitrogens with one attached hydrogen (secondary N) is 1. The second-order valence-corrected chi connectivity index (χ2v) is 2.49. The van der Waals surface area contributed by atoms with Crippen molar-refractivity contribution in [3.63, 3.8) is 0 Å². The highest BCUT2D eigenvalue weighted by atomic mass is 16.5. The smallest absolute Gasteiger partial charge is 0.404 e. The Morgan fingerprint density at radius 2 is 2.60 bits per heavy atom.